The second-order valence-electron chi connectivity index (χ2n) is 4.53. The number of hydrogen-bond acceptors (Lipinski definition) is 4. The van der Waals surface area contributed by atoms with Gasteiger partial charge < -0.3 is 10.1 Å². The van der Waals surface area contributed by atoms with Crippen molar-refractivity contribution in [1.29, 1.82) is 5.26 Å². The molecule has 2 aromatic rings. The standard InChI is InChI=1S/C14H13BrN4O/c15-11-5-10(6-16)1-2-12(11)19-9-18-7-13(19)14-8-17-3-4-20-14/h1-2,5,7,9,14,17H,3-4,8H2. The quantitative estimate of drug-likeness (QED) is 0.915. The van der Waals surface area contributed by atoms with E-state index in [1.54, 1.807) is 18.5 Å². The highest BCUT2D eigenvalue weighted by molar-refractivity contribution is 9.10. The van der Waals surface area contributed by atoms with Crippen molar-refractivity contribution in [3.63, 3.8) is 0 Å². The van der Waals surface area contributed by atoms with Gasteiger partial charge in [0.25, 0.3) is 0 Å². The van der Waals surface area contributed by atoms with Gasteiger partial charge in [-0.1, -0.05) is 0 Å². The third-order valence-electron chi connectivity index (χ3n) is 3.26. The highest BCUT2D eigenvalue weighted by Gasteiger charge is 2.20. The Kier molecular flexibility index (Phi) is 3.83. The Morgan fingerprint density at radius 2 is 2.40 bits per heavy atom. The van der Waals surface area contributed by atoms with Crippen molar-refractivity contribution in [3.8, 4) is 11.8 Å². The van der Waals surface area contributed by atoms with Crippen LogP contribution in [0.4, 0.5) is 0 Å². The minimum Gasteiger partial charge on any atom is -0.369 e. The van der Waals surface area contributed by atoms with E-state index in [2.05, 4.69) is 32.3 Å². The van der Waals surface area contributed by atoms with Gasteiger partial charge in [0.05, 0.1) is 42.1 Å². The second kappa shape index (κ2) is 5.75. The van der Waals surface area contributed by atoms with Crippen molar-refractivity contribution in [2.24, 2.45) is 0 Å². The van der Waals surface area contributed by atoms with Gasteiger partial charge in [-0.2, -0.15) is 5.26 Å². The zero-order valence-electron chi connectivity index (χ0n) is 10.7. The molecule has 1 unspecified atom stereocenters. The van der Waals surface area contributed by atoms with Gasteiger partial charge in [0.2, 0.25) is 0 Å². The zero-order chi connectivity index (χ0) is 13.9. The van der Waals surface area contributed by atoms with E-state index in [1.165, 1.54) is 0 Å². The number of rotatable bonds is 2. The van der Waals surface area contributed by atoms with Crippen LogP contribution in [0.25, 0.3) is 5.69 Å². The topological polar surface area (TPSA) is 62.9 Å². The minimum absolute atomic E-state index is 0.00575. The predicted molar refractivity (Wildman–Crippen MR) is 77.5 cm³/mol. The number of nitrogens with one attached hydrogen (secondary N) is 1. The summed E-state index contributed by atoms with van der Waals surface area (Å²) in [6.45, 7) is 2.36. The van der Waals surface area contributed by atoms with E-state index in [1.807, 2.05) is 16.8 Å². The Hall–Kier alpha value is -1.68. The lowest BCUT2D eigenvalue weighted by Crippen LogP contribution is -2.34. The summed E-state index contributed by atoms with van der Waals surface area (Å²) in [7, 11) is 0. The van der Waals surface area contributed by atoms with Crippen molar-refractivity contribution in [1.82, 2.24) is 14.9 Å². The lowest BCUT2D eigenvalue weighted by molar-refractivity contribution is 0.0240. The van der Waals surface area contributed by atoms with Gasteiger partial charge in [-0.3, -0.25) is 4.57 Å². The number of ether oxygens (including phenoxy) is 1. The number of hydrogen-bond donors (Lipinski definition) is 1. The normalized spacial score (nSPS) is 18.7. The number of nitrogens with zero attached hydrogens (tertiary/aromatic N) is 3. The summed E-state index contributed by atoms with van der Waals surface area (Å²) in [5.41, 5.74) is 2.58. The van der Waals surface area contributed by atoms with Crippen LogP contribution in [0.1, 0.15) is 17.4 Å². The number of halogens is 1. The fraction of sp³-hybridized carbons (Fsp3) is 0.286. The molecule has 0 spiro atoms. The van der Waals surface area contributed by atoms with Crippen molar-refractivity contribution in [2.45, 2.75) is 6.10 Å². The van der Waals surface area contributed by atoms with Crippen LogP contribution >= 0.6 is 15.9 Å². The molecule has 0 amide bonds. The predicted octanol–water partition coefficient (Wildman–Crippen LogP) is 2.17. The molecular formula is C14H13BrN4O. The molecular weight excluding hydrogens is 320 g/mol. The molecule has 0 radical (unpaired) electrons. The van der Waals surface area contributed by atoms with Crippen LogP contribution in [0.15, 0.2) is 35.2 Å². The Balaban J connectivity index is 1.99. The lowest BCUT2D eigenvalue weighted by Gasteiger charge is -2.24. The molecule has 1 aliphatic rings. The molecule has 1 aromatic heterocycles. The highest BCUT2D eigenvalue weighted by Crippen LogP contribution is 2.27. The Bertz CT molecular complexity index is 655. The third kappa shape index (κ3) is 2.48. The first-order chi connectivity index (χ1) is 9.79. The number of imidazole rings is 1. The average molecular weight is 333 g/mol. The molecule has 20 heavy (non-hydrogen) atoms. The van der Waals surface area contributed by atoms with E-state index in [4.69, 9.17) is 10.00 Å². The van der Waals surface area contributed by atoms with E-state index < -0.39 is 0 Å². The molecule has 0 aliphatic carbocycles. The van der Waals surface area contributed by atoms with E-state index in [0.29, 0.717) is 12.2 Å². The number of morpholine rings is 1. The van der Waals surface area contributed by atoms with E-state index >= 15 is 0 Å². The molecule has 2 heterocycles. The van der Waals surface area contributed by atoms with E-state index in [0.717, 1.165) is 28.9 Å². The average Bonchev–Trinajstić information content (AvgIpc) is 2.97. The second-order valence-corrected chi connectivity index (χ2v) is 5.38. The van der Waals surface area contributed by atoms with Crippen LogP contribution in [0.3, 0.4) is 0 Å². The molecule has 1 fully saturated rings. The van der Waals surface area contributed by atoms with Crippen LogP contribution < -0.4 is 5.32 Å². The van der Waals surface area contributed by atoms with E-state index in [9.17, 15) is 0 Å². The highest BCUT2D eigenvalue weighted by atomic mass is 79.9. The Labute approximate surface area is 125 Å². The lowest BCUT2D eigenvalue weighted by atomic mass is 10.2. The van der Waals surface area contributed by atoms with Crippen LogP contribution in [0, 0.1) is 11.3 Å². The summed E-state index contributed by atoms with van der Waals surface area (Å²) in [6, 6.07) is 7.64. The fourth-order valence-corrected chi connectivity index (χ4v) is 2.84. The van der Waals surface area contributed by atoms with Crippen molar-refractivity contribution >= 4 is 15.9 Å². The summed E-state index contributed by atoms with van der Waals surface area (Å²) >= 11 is 3.51. The summed E-state index contributed by atoms with van der Waals surface area (Å²) in [5, 5.41) is 12.2. The van der Waals surface area contributed by atoms with Gasteiger partial charge in [-0.25, -0.2) is 4.98 Å². The molecule has 5 nitrogen and oxygen atoms in total. The summed E-state index contributed by atoms with van der Waals surface area (Å²) in [6.07, 6.45) is 3.58. The summed E-state index contributed by atoms with van der Waals surface area (Å²) < 4.78 is 8.63. The van der Waals surface area contributed by atoms with Crippen molar-refractivity contribution in [3.05, 3.63) is 46.5 Å². The molecule has 1 N–H and O–H groups in total. The number of benzene rings is 1. The van der Waals surface area contributed by atoms with Crippen LogP contribution in [-0.2, 0) is 4.74 Å². The molecule has 1 aromatic carbocycles. The summed E-state index contributed by atoms with van der Waals surface area (Å²) in [5.74, 6) is 0. The molecule has 1 atom stereocenters. The van der Waals surface area contributed by atoms with Crippen LogP contribution in [-0.4, -0.2) is 29.2 Å². The van der Waals surface area contributed by atoms with Gasteiger partial charge in [0.15, 0.2) is 0 Å². The number of aromatic nitrogens is 2. The first-order valence-corrected chi connectivity index (χ1v) is 7.13. The zero-order valence-corrected chi connectivity index (χ0v) is 12.3. The Morgan fingerprint density at radius 3 is 3.10 bits per heavy atom. The molecule has 102 valence electrons. The van der Waals surface area contributed by atoms with Crippen molar-refractivity contribution in [2.75, 3.05) is 19.7 Å². The minimum atomic E-state index is -0.00575. The Morgan fingerprint density at radius 1 is 1.50 bits per heavy atom. The maximum absolute atomic E-state index is 8.92. The maximum atomic E-state index is 8.92. The molecule has 1 aliphatic heterocycles. The number of nitriles is 1. The summed E-state index contributed by atoms with van der Waals surface area (Å²) in [4.78, 5) is 4.23. The largest absolute Gasteiger partial charge is 0.369 e. The van der Waals surface area contributed by atoms with Crippen LogP contribution in [0.2, 0.25) is 0 Å². The smallest absolute Gasteiger partial charge is 0.112 e. The van der Waals surface area contributed by atoms with Crippen molar-refractivity contribution < 1.29 is 4.74 Å². The fourth-order valence-electron chi connectivity index (χ4n) is 2.27. The first kappa shape index (κ1) is 13.3. The van der Waals surface area contributed by atoms with E-state index in [-0.39, 0.29) is 6.10 Å². The monoisotopic (exact) mass is 332 g/mol. The molecule has 1 saturated heterocycles. The molecule has 0 saturated carbocycles. The first-order valence-electron chi connectivity index (χ1n) is 6.34. The van der Waals surface area contributed by atoms with Crippen LogP contribution in [0.5, 0.6) is 0 Å². The van der Waals surface area contributed by atoms with Gasteiger partial charge in [0, 0.05) is 17.6 Å². The van der Waals surface area contributed by atoms with Gasteiger partial charge in [0.1, 0.15) is 6.10 Å². The maximum Gasteiger partial charge on any atom is 0.112 e. The van der Waals surface area contributed by atoms with Gasteiger partial charge >= 0.3 is 0 Å². The molecule has 6 heteroatoms. The third-order valence-corrected chi connectivity index (χ3v) is 3.90. The molecule has 3 rings (SSSR count). The molecule has 0 bridgehead atoms. The van der Waals surface area contributed by atoms with Gasteiger partial charge in [-0.15, -0.1) is 0 Å². The SMILES string of the molecule is N#Cc1ccc(-n2cncc2C2CNCCO2)c(Br)c1. The van der Waals surface area contributed by atoms with Gasteiger partial charge in [-0.05, 0) is 34.1 Å².